The Kier molecular flexibility index (Phi) is 4.32. The molecule has 3 heteroatoms. The monoisotopic (exact) mass is 282 g/mol. The van der Waals surface area contributed by atoms with Crippen LogP contribution in [-0.2, 0) is 16.8 Å². The first-order chi connectivity index (χ1) is 9.89. The molecule has 0 aliphatic heterocycles. The summed E-state index contributed by atoms with van der Waals surface area (Å²) in [6, 6.07) is 15.6. The van der Waals surface area contributed by atoms with Crippen molar-refractivity contribution in [2.75, 3.05) is 5.73 Å². The van der Waals surface area contributed by atoms with E-state index in [4.69, 9.17) is 5.73 Å². The predicted octanol–water partition coefficient (Wildman–Crippen LogP) is 3.17. The zero-order chi connectivity index (χ0) is 15.5. The van der Waals surface area contributed by atoms with Crippen molar-refractivity contribution in [3.63, 3.8) is 0 Å². The van der Waals surface area contributed by atoms with Crippen LogP contribution in [0.25, 0.3) is 0 Å². The number of anilines is 1. The molecule has 0 aliphatic rings. The highest BCUT2D eigenvalue weighted by Crippen LogP contribution is 2.24. The van der Waals surface area contributed by atoms with Crippen LogP contribution in [0.2, 0.25) is 0 Å². The average molecular weight is 282 g/mol. The van der Waals surface area contributed by atoms with Crippen molar-refractivity contribution in [2.24, 2.45) is 0 Å². The Bertz CT molecular complexity index is 630. The molecule has 0 aliphatic carbocycles. The highest BCUT2D eigenvalue weighted by atomic mass is 16.2. The molecule has 2 aromatic rings. The van der Waals surface area contributed by atoms with Gasteiger partial charge in [-0.1, -0.05) is 42.0 Å². The van der Waals surface area contributed by atoms with Gasteiger partial charge in [-0.05, 0) is 44.0 Å². The van der Waals surface area contributed by atoms with Gasteiger partial charge in [0.05, 0.1) is 5.41 Å². The maximum Gasteiger partial charge on any atom is 0.230 e. The van der Waals surface area contributed by atoms with Crippen LogP contribution in [0, 0.1) is 6.92 Å². The highest BCUT2D eigenvalue weighted by Gasteiger charge is 2.29. The minimum Gasteiger partial charge on any atom is -0.399 e. The Labute approximate surface area is 126 Å². The summed E-state index contributed by atoms with van der Waals surface area (Å²) in [5, 5.41) is 3.01. The SMILES string of the molecule is Cc1cccc(CNC(=O)C(C)(C)c2ccc(N)cc2)c1. The second-order valence-corrected chi connectivity index (χ2v) is 5.92. The molecule has 0 aromatic heterocycles. The first-order valence-electron chi connectivity index (χ1n) is 7.09. The van der Waals surface area contributed by atoms with Gasteiger partial charge in [0.25, 0.3) is 0 Å². The molecule has 21 heavy (non-hydrogen) atoms. The standard InChI is InChI=1S/C18H22N2O/c1-13-5-4-6-14(11-13)12-20-17(21)18(2,3)15-7-9-16(19)10-8-15/h4-11H,12,19H2,1-3H3,(H,20,21). The molecule has 0 unspecified atom stereocenters. The first-order valence-corrected chi connectivity index (χ1v) is 7.09. The maximum atomic E-state index is 12.5. The van der Waals surface area contributed by atoms with E-state index in [1.807, 2.05) is 63.2 Å². The quantitative estimate of drug-likeness (QED) is 0.846. The van der Waals surface area contributed by atoms with E-state index >= 15 is 0 Å². The molecule has 0 saturated carbocycles. The molecule has 2 rings (SSSR count). The van der Waals surface area contributed by atoms with E-state index in [9.17, 15) is 4.79 Å². The van der Waals surface area contributed by atoms with Crippen LogP contribution in [0.5, 0.6) is 0 Å². The summed E-state index contributed by atoms with van der Waals surface area (Å²) in [4.78, 5) is 12.5. The second kappa shape index (κ2) is 6.00. The lowest BCUT2D eigenvalue weighted by Gasteiger charge is -2.24. The van der Waals surface area contributed by atoms with Crippen LogP contribution >= 0.6 is 0 Å². The fraction of sp³-hybridized carbons (Fsp3) is 0.278. The molecular weight excluding hydrogens is 260 g/mol. The molecule has 0 bridgehead atoms. The first kappa shape index (κ1) is 15.1. The lowest BCUT2D eigenvalue weighted by molar-refractivity contribution is -0.125. The number of nitrogens with one attached hydrogen (secondary N) is 1. The predicted molar refractivity (Wildman–Crippen MR) is 86.9 cm³/mol. The van der Waals surface area contributed by atoms with Gasteiger partial charge >= 0.3 is 0 Å². The van der Waals surface area contributed by atoms with Gasteiger partial charge in [-0.15, -0.1) is 0 Å². The fourth-order valence-corrected chi connectivity index (χ4v) is 2.26. The molecule has 0 saturated heterocycles. The van der Waals surface area contributed by atoms with Crippen LogP contribution in [0.1, 0.15) is 30.5 Å². The van der Waals surface area contributed by atoms with Crippen molar-refractivity contribution >= 4 is 11.6 Å². The molecule has 110 valence electrons. The molecule has 2 aromatic carbocycles. The Morgan fingerprint density at radius 3 is 2.43 bits per heavy atom. The maximum absolute atomic E-state index is 12.5. The van der Waals surface area contributed by atoms with Crippen molar-refractivity contribution in [2.45, 2.75) is 32.7 Å². The van der Waals surface area contributed by atoms with Gasteiger partial charge in [-0.25, -0.2) is 0 Å². The number of hydrogen-bond donors (Lipinski definition) is 2. The summed E-state index contributed by atoms with van der Waals surface area (Å²) in [5.41, 5.74) is 9.07. The molecular formula is C18H22N2O. The summed E-state index contributed by atoms with van der Waals surface area (Å²) in [6.07, 6.45) is 0. The minimum absolute atomic E-state index is 0.00813. The number of carbonyl (C=O) groups is 1. The average Bonchev–Trinajstić information content (AvgIpc) is 2.45. The zero-order valence-corrected chi connectivity index (χ0v) is 12.8. The number of rotatable bonds is 4. The summed E-state index contributed by atoms with van der Waals surface area (Å²) in [6.45, 7) is 6.43. The number of hydrogen-bond acceptors (Lipinski definition) is 2. The Morgan fingerprint density at radius 1 is 1.14 bits per heavy atom. The van der Waals surface area contributed by atoms with Crippen molar-refractivity contribution in [1.82, 2.24) is 5.32 Å². The van der Waals surface area contributed by atoms with E-state index in [-0.39, 0.29) is 5.91 Å². The zero-order valence-electron chi connectivity index (χ0n) is 12.8. The van der Waals surface area contributed by atoms with E-state index < -0.39 is 5.41 Å². The largest absolute Gasteiger partial charge is 0.399 e. The van der Waals surface area contributed by atoms with Crippen LogP contribution in [0.3, 0.4) is 0 Å². The van der Waals surface area contributed by atoms with Gasteiger partial charge in [0.1, 0.15) is 0 Å². The lowest BCUT2D eigenvalue weighted by atomic mass is 9.83. The Morgan fingerprint density at radius 2 is 1.81 bits per heavy atom. The lowest BCUT2D eigenvalue weighted by Crippen LogP contribution is -2.39. The number of benzene rings is 2. The normalized spacial score (nSPS) is 11.2. The van der Waals surface area contributed by atoms with Gasteiger partial charge in [-0.3, -0.25) is 4.79 Å². The second-order valence-electron chi connectivity index (χ2n) is 5.92. The third-order valence-electron chi connectivity index (χ3n) is 3.74. The molecule has 1 amide bonds. The molecule has 0 fully saturated rings. The summed E-state index contributed by atoms with van der Waals surface area (Å²) in [5.74, 6) is 0.00813. The van der Waals surface area contributed by atoms with Crippen LogP contribution < -0.4 is 11.1 Å². The van der Waals surface area contributed by atoms with Crippen molar-refractivity contribution in [3.05, 3.63) is 65.2 Å². The van der Waals surface area contributed by atoms with Gasteiger partial charge in [0, 0.05) is 12.2 Å². The number of carbonyl (C=O) groups excluding carboxylic acids is 1. The molecule has 0 heterocycles. The summed E-state index contributed by atoms with van der Waals surface area (Å²) < 4.78 is 0. The van der Waals surface area contributed by atoms with Gasteiger partial charge in [-0.2, -0.15) is 0 Å². The molecule has 0 spiro atoms. The van der Waals surface area contributed by atoms with Gasteiger partial charge in [0.2, 0.25) is 5.91 Å². The van der Waals surface area contributed by atoms with Crippen molar-refractivity contribution in [1.29, 1.82) is 0 Å². The number of nitrogen functional groups attached to an aromatic ring is 1. The van der Waals surface area contributed by atoms with Crippen molar-refractivity contribution < 1.29 is 4.79 Å². The van der Waals surface area contributed by atoms with Gasteiger partial charge < -0.3 is 11.1 Å². The molecule has 0 atom stereocenters. The number of nitrogens with two attached hydrogens (primary N) is 1. The molecule has 3 nitrogen and oxygen atoms in total. The van der Waals surface area contributed by atoms with E-state index in [2.05, 4.69) is 11.4 Å². The third kappa shape index (κ3) is 3.63. The molecule has 0 radical (unpaired) electrons. The number of aryl methyl sites for hydroxylation is 1. The van der Waals surface area contributed by atoms with E-state index in [1.165, 1.54) is 5.56 Å². The number of amides is 1. The van der Waals surface area contributed by atoms with Crippen LogP contribution in [0.4, 0.5) is 5.69 Å². The van der Waals surface area contributed by atoms with E-state index in [0.29, 0.717) is 12.2 Å². The highest BCUT2D eigenvalue weighted by molar-refractivity contribution is 5.87. The third-order valence-corrected chi connectivity index (χ3v) is 3.74. The summed E-state index contributed by atoms with van der Waals surface area (Å²) in [7, 11) is 0. The van der Waals surface area contributed by atoms with E-state index in [1.54, 1.807) is 0 Å². The van der Waals surface area contributed by atoms with Crippen molar-refractivity contribution in [3.8, 4) is 0 Å². The Balaban J connectivity index is 2.06. The van der Waals surface area contributed by atoms with Crippen LogP contribution in [-0.4, -0.2) is 5.91 Å². The Hall–Kier alpha value is -2.29. The topological polar surface area (TPSA) is 55.1 Å². The van der Waals surface area contributed by atoms with Crippen LogP contribution in [0.15, 0.2) is 48.5 Å². The van der Waals surface area contributed by atoms with E-state index in [0.717, 1.165) is 11.1 Å². The molecule has 3 N–H and O–H groups in total. The minimum atomic E-state index is -0.586. The van der Waals surface area contributed by atoms with Gasteiger partial charge in [0.15, 0.2) is 0 Å². The summed E-state index contributed by atoms with van der Waals surface area (Å²) >= 11 is 0. The fourth-order valence-electron chi connectivity index (χ4n) is 2.26. The smallest absolute Gasteiger partial charge is 0.230 e.